The van der Waals surface area contributed by atoms with Crippen molar-refractivity contribution in [2.24, 2.45) is 11.8 Å². The van der Waals surface area contributed by atoms with Crippen LogP contribution < -0.4 is 10.5 Å². The highest BCUT2D eigenvalue weighted by Crippen LogP contribution is 2.33. The number of piperidine rings is 1. The van der Waals surface area contributed by atoms with Gasteiger partial charge in [0.25, 0.3) is 5.56 Å². The van der Waals surface area contributed by atoms with Crippen molar-refractivity contribution in [2.75, 3.05) is 38.2 Å². The minimum Gasteiger partial charge on any atom is -0.465 e. The molecular weight excluding hydrogens is 526 g/mol. The van der Waals surface area contributed by atoms with E-state index in [-0.39, 0.29) is 11.7 Å². The second-order valence-electron chi connectivity index (χ2n) is 10.7. The van der Waals surface area contributed by atoms with Gasteiger partial charge in [-0.15, -0.1) is 0 Å². The van der Waals surface area contributed by atoms with Crippen LogP contribution in [0, 0.1) is 11.8 Å². The molecule has 36 heavy (non-hydrogen) atoms. The number of pyridine rings is 1. The molecule has 0 aliphatic carbocycles. The minimum absolute atomic E-state index is 0.140. The molecule has 1 aromatic heterocycles. The highest BCUT2D eigenvalue weighted by atomic mass is 79.9. The monoisotopic (exact) mass is 559 g/mol. The second kappa shape index (κ2) is 10.7. The van der Waals surface area contributed by atoms with Gasteiger partial charge in [-0.25, -0.2) is 9.59 Å². The number of rotatable bonds is 5. The van der Waals surface area contributed by atoms with E-state index >= 15 is 0 Å². The highest BCUT2D eigenvalue weighted by Gasteiger charge is 2.32. The molecule has 0 N–H and O–H groups in total. The van der Waals surface area contributed by atoms with Gasteiger partial charge < -0.3 is 19.3 Å². The van der Waals surface area contributed by atoms with Crippen LogP contribution in [0.4, 0.5) is 10.5 Å². The number of amides is 1. The fourth-order valence-corrected chi connectivity index (χ4v) is 5.45. The van der Waals surface area contributed by atoms with Crippen molar-refractivity contribution in [3.05, 3.63) is 56.9 Å². The Balaban J connectivity index is 1.32. The SMILES string of the molecule is COC(=O)c1ccc(-n2cc(N3CC(CC4CCN(C(=O)OC(C)(C)C)CC4)C3)ccc2=O)c(Br)c1. The number of hydrogen-bond donors (Lipinski definition) is 0. The molecule has 0 atom stereocenters. The van der Waals surface area contributed by atoms with E-state index in [2.05, 4.69) is 20.8 Å². The quantitative estimate of drug-likeness (QED) is 0.486. The lowest BCUT2D eigenvalue weighted by molar-refractivity contribution is 0.0173. The molecule has 4 rings (SSSR count). The van der Waals surface area contributed by atoms with E-state index in [1.165, 1.54) is 7.11 Å². The maximum Gasteiger partial charge on any atom is 0.410 e. The number of halogens is 1. The van der Waals surface area contributed by atoms with Crippen LogP contribution in [0.5, 0.6) is 0 Å². The summed E-state index contributed by atoms with van der Waals surface area (Å²) in [5.41, 5.74) is 1.48. The van der Waals surface area contributed by atoms with Crippen LogP contribution in [-0.2, 0) is 9.47 Å². The second-order valence-corrected chi connectivity index (χ2v) is 11.5. The van der Waals surface area contributed by atoms with Gasteiger partial charge in [0, 0.05) is 42.9 Å². The van der Waals surface area contributed by atoms with E-state index in [0.717, 1.165) is 51.1 Å². The number of carbonyl (C=O) groups excluding carboxylic acids is 2. The molecule has 2 fully saturated rings. The number of nitrogens with zero attached hydrogens (tertiary/aromatic N) is 3. The molecule has 2 aliphatic heterocycles. The van der Waals surface area contributed by atoms with Crippen LogP contribution in [0.15, 0.2) is 45.8 Å². The number of carbonyl (C=O) groups is 2. The molecule has 0 radical (unpaired) electrons. The summed E-state index contributed by atoms with van der Waals surface area (Å²) in [6.45, 7) is 9.10. The predicted octanol–water partition coefficient (Wildman–Crippen LogP) is 4.86. The topological polar surface area (TPSA) is 81.1 Å². The first kappa shape index (κ1) is 26.3. The van der Waals surface area contributed by atoms with Gasteiger partial charge in [-0.1, -0.05) is 0 Å². The molecule has 3 heterocycles. The van der Waals surface area contributed by atoms with E-state index in [1.807, 2.05) is 37.9 Å². The first-order valence-corrected chi connectivity index (χ1v) is 13.2. The summed E-state index contributed by atoms with van der Waals surface area (Å²) in [4.78, 5) is 40.8. The zero-order valence-corrected chi connectivity index (χ0v) is 22.9. The minimum atomic E-state index is -0.464. The molecule has 1 aromatic carbocycles. The van der Waals surface area contributed by atoms with Crippen LogP contribution in [-0.4, -0.2) is 60.4 Å². The van der Waals surface area contributed by atoms with Crippen LogP contribution in [0.25, 0.3) is 5.69 Å². The molecule has 0 saturated carbocycles. The van der Waals surface area contributed by atoms with Gasteiger partial charge in [-0.2, -0.15) is 0 Å². The normalized spacial score (nSPS) is 17.0. The summed E-state index contributed by atoms with van der Waals surface area (Å²) >= 11 is 3.49. The van der Waals surface area contributed by atoms with Crippen LogP contribution >= 0.6 is 15.9 Å². The summed E-state index contributed by atoms with van der Waals surface area (Å²) in [6.07, 6.45) is 4.82. The Bertz CT molecular complexity index is 1170. The van der Waals surface area contributed by atoms with Crippen molar-refractivity contribution in [2.45, 2.75) is 45.6 Å². The highest BCUT2D eigenvalue weighted by molar-refractivity contribution is 9.10. The van der Waals surface area contributed by atoms with E-state index < -0.39 is 11.6 Å². The van der Waals surface area contributed by atoms with E-state index in [0.29, 0.717) is 27.6 Å². The van der Waals surface area contributed by atoms with Gasteiger partial charge in [0.05, 0.1) is 24.0 Å². The maximum absolute atomic E-state index is 12.6. The number of esters is 1. The molecule has 194 valence electrons. The van der Waals surface area contributed by atoms with E-state index in [1.54, 1.807) is 28.8 Å². The number of ether oxygens (including phenoxy) is 2. The van der Waals surface area contributed by atoms with Gasteiger partial charge in [0.15, 0.2) is 0 Å². The largest absolute Gasteiger partial charge is 0.465 e. The standard InChI is InChI=1S/C27H34BrN3O5/c1-27(2,3)36-26(34)29-11-9-18(10-12-29)13-19-15-30(16-19)21-6-8-24(32)31(17-21)23-7-5-20(14-22(23)28)25(33)35-4/h5-8,14,17-19H,9-13,15-16H2,1-4H3. The Kier molecular flexibility index (Phi) is 7.78. The summed E-state index contributed by atoms with van der Waals surface area (Å²) in [5, 5.41) is 0. The molecule has 2 aromatic rings. The Morgan fingerprint density at radius 1 is 1.06 bits per heavy atom. The van der Waals surface area contributed by atoms with E-state index in [9.17, 15) is 14.4 Å². The predicted molar refractivity (Wildman–Crippen MR) is 142 cm³/mol. The van der Waals surface area contributed by atoms with Gasteiger partial charge in [0.1, 0.15) is 5.60 Å². The molecule has 2 aliphatic rings. The van der Waals surface area contributed by atoms with Crippen LogP contribution in [0.1, 0.15) is 50.4 Å². The smallest absolute Gasteiger partial charge is 0.410 e. The first-order chi connectivity index (χ1) is 17.0. The van der Waals surface area contributed by atoms with Crippen molar-refractivity contribution >= 4 is 33.7 Å². The zero-order valence-electron chi connectivity index (χ0n) is 21.3. The number of benzene rings is 1. The number of anilines is 1. The fourth-order valence-electron chi connectivity index (χ4n) is 4.88. The zero-order chi connectivity index (χ0) is 26.0. The average molecular weight is 560 g/mol. The summed E-state index contributed by atoms with van der Waals surface area (Å²) in [5.74, 6) is 0.800. The third-order valence-electron chi connectivity index (χ3n) is 6.78. The van der Waals surface area contributed by atoms with Crippen molar-refractivity contribution in [3.8, 4) is 5.69 Å². The Morgan fingerprint density at radius 2 is 1.75 bits per heavy atom. The first-order valence-electron chi connectivity index (χ1n) is 12.4. The molecule has 8 nitrogen and oxygen atoms in total. The lowest BCUT2D eigenvalue weighted by Gasteiger charge is -2.43. The lowest BCUT2D eigenvalue weighted by Crippen LogP contribution is -2.49. The summed E-state index contributed by atoms with van der Waals surface area (Å²) < 4.78 is 12.5. The molecule has 2 saturated heterocycles. The van der Waals surface area contributed by atoms with Crippen molar-refractivity contribution in [1.29, 1.82) is 0 Å². The molecule has 0 bridgehead atoms. The van der Waals surface area contributed by atoms with Crippen molar-refractivity contribution < 1.29 is 19.1 Å². The van der Waals surface area contributed by atoms with Gasteiger partial charge >= 0.3 is 12.1 Å². The van der Waals surface area contributed by atoms with Gasteiger partial charge in [-0.05, 0) is 92.1 Å². The molecule has 9 heteroatoms. The Morgan fingerprint density at radius 3 is 2.36 bits per heavy atom. The number of aromatic nitrogens is 1. The Hall–Kier alpha value is -2.81. The van der Waals surface area contributed by atoms with Gasteiger partial charge in [0.2, 0.25) is 0 Å². The third-order valence-corrected chi connectivity index (χ3v) is 7.41. The van der Waals surface area contributed by atoms with Crippen molar-refractivity contribution in [3.63, 3.8) is 0 Å². The maximum atomic E-state index is 12.6. The average Bonchev–Trinajstić information content (AvgIpc) is 2.80. The fraction of sp³-hybridized carbons (Fsp3) is 0.519. The molecule has 0 unspecified atom stereocenters. The van der Waals surface area contributed by atoms with Crippen molar-refractivity contribution in [1.82, 2.24) is 9.47 Å². The third kappa shape index (κ3) is 6.11. The lowest BCUT2D eigenvalue weighted by atomic mass is 9.83. The number of hydrogen-bond acceptors (Lipinski definition) is 6. The van der Waals surface area contributed by atoms with Gasteiger partial charge in [-0.3, -0.25) is 9.36 Å². The Labute approximate surface area is 220 Å². The molecule has 1 amide bonds. The number of likely N-dealkylation sites (tertiary alicyclic amines) is 1. The van der Waals surface area contributed by atoms with E-state index in [4.69, 9.17) is 9.47 Å². The van der Waals surface area contributed by atoms with Crippen LogP contribution in [0.2, 0.25) is 0 Å². The number of methoxy groups -OCH3 is 1. The molecular formula is C27H34BrN3O5. The summed E-state index contributed by atoms with van der Waals surface area (Å²) in [7, 11) is 1.34. The van der Waals surface area contributed by atoms with Crippen LogP contribution in [0.3, 0.4) is 0 Å². The summed E-state index contributed by atoms with van der Waals surface area (Å²) in [6, 6.07) is 8.50. The molecule has 0 spiro atoms.